The van der Waals surface area contributed by atoms with Crippen molar-refractivity contribution in [3.63, 3.8) is 0 Å². The maximum absolute atomic E-state index is 13.7. The van der Waals surface area contributed by atoms with Crippen molar-refractivity contribution in [2.75, 3.05) is 19.6 Å². The average molecular weight is 507 g/mol. The van der Waals surface area contributed by atoms with Crippen LogP contribution >= 0.6 is 24.0 Å². The van der Waals surface area contributed by atoms with Gasteiger partial charge in [-0.15, -0.1) is 24.0 Å². The van der Waals surface area contributed by atoms with Gasteiger partial charge in [-0.25, -0.2) is 9.07 Å². The molecule has 2 aromatic carbocycles. The Bertz CT molecular complexity index is 895. The standard InChI is InChI=1S/C22H26FN5.HI/c1-2-24-22(26-15-13-19-8-6-7-11-21(19)23)25-14-12-18-16-27-28(17-18)20-9-4-3-5-10-20;/h3-11,16-17H,2,12-15H2,1H3,(H2,24,25,26);1H. The molecule has 0 saturated carbocycles. The molecule has 2 N–H and O–H groups in total. The largest absolute Gasteiger partial charge is 0.357 e. The van der Waals surface area contributed by atoms with E-state index in [1.54, 1.807) is 12.1 Å². The van der Waals surface area contributed by atoms with Gasteiger partial charge < -0.3 is 10.6 Å². The first kappa shape index (κ1) is 22.9. The van der Waals surface area contributed by atoms with Crippen LogP contribution in [0.5, 0.6) is 0 Å². The van der Waals surface area contributed by atoms with E-state index in [1.807, 2.05) is 60.4 Å². The van der Waals surface area contributed by atoms with Crippen molar-refractivity contribution in [2.45, 2.75) is 19.8 Å². The normalized spacial score (nSPS) is 11.0. The topological polar surface area (TPSA) is 54.2 Å². The molecule has 5 nitrogen and oxygen atoms in total. The van der Waals surface area contributed by atoms with Crippen molar-refractivity contribution >= 4 is 29.9 Å². The number of halogens is 2. The lowest BCUT2D eigenvalue weighted by atomic mass is 10.1. The highest BCUT2D eigenvalue weighted by molar-refractivity contribution is 14.0. The third-order valence-electron chi connectivity index (χ3n) is 4.32. The molecule has 3 rings (SSSR count). The molecular formula is C22H27FIN5. The molecule has 29 heavy (non-hydrogen) atoms. The van der Waals surface area contributed by atoms with Crippen LogP contribution in [0.3, 0.4) is 0 Å². The lowest BCUT2D eigenvalue weighted by Gasteiger charge is -2.11. The Morgan fingerprint density at radius 2 is 1.79 bits per heavy atom. The maximum Gasteiger partial charge on any atom is 0.191 e. The van der Waals surface area contributed by atoms with Crippen molar-refractivity contribution in [3.05, 3.63) is 83.9 Å². The second kappa shape index (κ2) is 12.2. The molecule has 0 atom stereocenters. The minimum Gasteiger partial charge on any atom is -0.357 e. The van der Waals surface area contributed by atoms with Crippen LogP contribution < -0.4 is 10.6 Å². The van der Waals surface area contributed by atoms with Crippen LogP contribution in [0.2, 0.25) is 0 Å². The molecule has 0 spiro atoms. The van der Waals surface area contributed by atoms with Gasteiger partial charge in [0.1, 0.15) is 5.82 Å². The third-order valence-corrected chi connectivity index (χ3v) is 4.32. The molecule has 0 saturated heterocycles. The number of nitrogens with zero attached hydrogens (tertiary/aromatic N) is 3. The maximum atomic E-state index is 13.7. The number of para-hydroxylation sites is 1. The van der Waals surface area contributed by atoms with Crippen LogP contribution in [0.4, 0.5) is 4.39 Å². The molecule has 0 fully saturated rings. The van der Waals surface area contributed by atoms with Gasteiger partial charge in [0.25, 0.3) is 0 Å². The Balaban J connectivity index is 0.00000300. The fourth-order valence-corrected chi connectivity index (χ4v) is 2.87. The molecule has 0 amide bonds. The van der Waals surface area contributed by atoms with E-state index in [-0.39, 0.29) is 29.8 Å². The number of guanidine groups is 1. The van der Waals surface area contributed by atoms with E-state index < -0.39 is 0 Å². The van der Waals surface area contributed by atoms with E-state index in [0.29, 0.717) is 18.5 Å². The minimum atomic E-state index is -0.175. The van der Waals surface area contributed by atoms with Gasteiger partial charge in [0.15, 0.2) is 5.96 Å². The first-order valence-corrected chi connectivity index (χ1v) is 9.61. The summed E-state index contributed by atoms with van der Waals surface area (Å²) in [6.07, 6.45) is 5.34. The number of nitrogens with one attached hydrogen (secondary N) is 2. The van der Waals surface area contributed by atoms with Gasteiger partial charge in [-0.1, -0.05) is 36.4 Å². The van der Waals surface area contributed by atoms with Crippen LogP contribution in [-0.2, 0) is 12.8 Å². The Morgan fingerprint density at radius 1 is 1.03 bits per heavy atom. The Labute approximate surface area is 188 Å². The molecule has 1 aromatic heterocycles. The Kier molecular flexibility index (Phi) is 9.63. The predicted octanol–water partition coefficient (Wildman–Crippen LogP) is 3.97. The number of benzene rings is 2. The summed E-state index contributed by atoms with van der Waals surface area (Å²) in [6.45, 7) is 4.07. The molecule has 0 radical (unpaired) electrons. The van der Waals surface area contributed by atoms with E-state index in [1.165, 1.54) is 6.07 Å². The van der Waals surface area contributed by atoms with E-state index in [9.17, 15) is 4.39 Å². The molecule has 0 aliphatic rings. The Hall–Kier alpha value is -2.42. The second-order valence-electron chi connectivity index (χ2n) is 6.41. The van der Waals surface area contributed by atoms with Gasteiger partial charge in [-0.2, -0.15) is 5.10 Å². The fourth-order valence-electron chi connectivity index (χ4n) is 2.87. The zero-order valence-corrected chi connectivity index (χ0v) is 18.8. The van der Waals surface area contributed by atoms with Crippen LogP contribution in [0.15, 0.2) is 72.0 Å². The fraction of sp³-hybridized carbons (Fsp3) is 0.273. The lowest BCUT2D eigenvalue weighted by Crippen LogP contribution is -2.38. The van der Waals surface area contributed by atoms with Crippen molar-refractivity contribution in [2.24, 2.45) is 4.99 Å². The molecule has 0 aliphatic heterocycles. The summed E-state index contributed by atoms with van der Waals surface area (Å²) in [5.74, 6) is 0.570. The van der Waals surface area contributed by atoms with Crippen molar-refractivity contribution < 1.29 is 4.39 Å². The van der Waals surface area contributed by atoms with Gasteiger partial charge >= 0.3 is 0 Å². The number of hydrogen-bond acceptors (Lipinski definition) is 2. The molecule has 0 bridgehead atoms. The first-order chi connectivity index (χ1) is 13.8. The van der Waals surface area contributed by atoms with Crippen LogP contribution in [0.1, 0.15) is 18.1 Å². The molecule has 0 unspecified atom stereocenters. The average Bonchev–Trinajstić information content (AvgIpc) is 3.19. The second-order valence-corrected chi connectivity index (χ2v) is 6.41. The van der Waals surface area contributed by atoms with Crippen molar-refractivity contribution in [3.8, 4) is 5.69 Å². The monoisotopic (exact) mass is 507 g/mol. The zero-order valence-electron chi connectivity index (χ0n) is 16.5. The summed E-state index contributed by atoms with van der Waals surface area (Å²) >= 11 is 0. The highest BCUT2D eigenvalue weighted by Gasteiger charge is 2.03. The molecule has 154 valence electrons. The zero-order chi connectivity index (χ0) is 19.6. The summed E-state index contributed by atoms with van der Waals surface area (Å²) in [6, 6.07) is 16.9. The summed E-state index contributed by atoms with van der Waals surface area (Å²) in [5.41, 5.74) is 2.89. The summed E-state index contributed by atoms with van der Waals surface area (Å²) in [4.78, 5) is 4.54. The van der Waals surface area contributed by atoms with Crippen LogP contribution in [0, 0.1) is 5.82 Å². The molecule has 1 heterocycles. The van der Waals surface area contributed by atoms with Gasteiger partial charge in [0.05, 0.1) is 11.9 Å². The van der Waals surface area contributed by atoms with Crippen molar-refractivity contribution in [1.82, 2.24) is 20.4 Å². The first-order valence-electron chi connectivity index (χ1n) is 9.61. The van der Waals surface area contributed by atoms with Gasteiger partial charge in [-0.05, 0) is 49.1 Å². The number of aliphatic imine (C=N–C) groups is 1. The quantitative estimate of drug-likeness (QED) is 0.276. The highest BCUT2D eigenvalue weighted by atomic mass is 127. The lowest BCUT2D eigenvalue weighted by molar-refractivity contribution is 0.609. The van der Waals surface area contributed by atoms with Gasteiger partial charge in [0.2, 0.25) is 0 Å². The minimum absolute atomic E-state index is 0. The number of hydrogen-bond donors (Lipinski definition) is 2. The summed E-state index contributed by atoms with van der Waals surface area (Å²) < 4.78 is 15.6. The van der Waals surface area contributed by atoms with E-state index in [2.05, 4.69) is 20.7 Å². The SMILES string of the molecule is CCNC(=NCCc1ccccc1F)NCCc1cnn(-c2ccccc2)c1.I. The number of rotatable bonds is 8. The molecule has 7 heteroatoms. The van der Waals surface area contributed by atoms with Crippen molar-refractivity contribution in [1.29, 1.82) is 0 Å². The predicted molar refractivity (Wildman–Crippen MR) is 127 cm³/mol. The smallest absolute Gasteiger partial charge is 0.191 e. The van der Waals surface area contributed by atoms with E-state index >= 15 is 0 Å². The van der Waals surface area contributed by atoms with E-state index in [0.717, 1.165) is 36.7 Å². The van der Waals surface area contributed by atoms with Gasteiger partial charge in [0, 0.05) is 25.8 Å². The molecular weight excluding hydrogens is 480 g/mol. The summed E-state index contributed by atoms with van der Waals surface area (Å²) in [7, 11) is 0. The van der Waals surface area contributed by atoms with Crippen LogP contribution in [-0.4, -0.2) is 35.4 Å². The highest BCUT2D eigenvalue weighted by Crippen LogP contribution is 2.08. The van der Waals surface area contributed by atoms with Gasteiger partial charge in [-0.3, -0.25) is 4.99 Å². The molecule has 0 aliphatic carbocycles. The van der Waals surface area contributed by atoms with Crippen LogP contribution in [0.25, 0.3) is 5.69 Å². The molecule has 3 aromatic rings. The Morgan fingerprint density at radius 3 is 2.55 bits per heavy atom. The summed E-state index contributed by atoms with van der Waals surface area (Å²) in [5, 5.41) is 11.0. The van der Waals surface area contributed by atoms with E-state index in [4.69, 9.17) is 0 Å². The third kappa shape index (κ3) is 7.16. The number of aromatic nitrogens is 2.